The summed E-state index contributed by atoms with van der Waals surface area (Å²) in [4.78, 5) is 48.6. The molecule has 5 heterocycles. The van der Waals surface area contributed by atoms with E-state index in [4.69, 9.17) is 4.74 Å². The molecular formula is C34H44N8O4. The van der Waals surface area contributed by atoms with Gasteiger partial charge in [-0.05, 0) is 74.5 Å². The molecule has 0 spiro atoms. The Kier molecular flexibility index (Phi) is 9.07. The maximum absolute atomic E-state index is 14.0. The number of para-hydroxylation sites is 1. The van der Waals surface area contributed by atoms with Crippen LogP contribution in [0.15, 0.2) is 48.7 Å². The highest BCUT2D eigenvalue weighted by atomic mass is 16.6. The number of rotatable bonds is 6. The molecule has 12 heteroatoms. The summed E-state index contributed by atoms with van der Waals surface area (Å²) in [5.41, 5.74) is 3.84. The van der Waals surface area contributed by atoms with Crippen molar-refractivity contribution >= 4 is 34.6 Å². The molecule has 3 aromatic rings. The van der Waals surface area contributed by atoms with E-state index < -0.39 is 12.2 Å². The summed E-state index contributed by atoms with van der Waals surface area (Å²) in [5.74, 6) is -0.138. The zero-order valence-electron chi connectivity index (χ0n) is 26.3. The van der Waals surface area contributed by atoms with Gasteiger partial charge in [0.2, 0.25) is 0 Å². The lowest BCUT2D eigenvalue weighted by molar-refractivity contribution is -0.143. The number of piperidine rings is 2. The fourth-order valence-electron chi connectivity index (χ4n) is 7.49. The van der Waals surface area contributed by atoms with Crippen LogP contribution in [0.5, 0.6) is 0 Å². The number of carbonyl (C=O) groups is 3. The van der Waals surface area contributed by atoms with E-state index in [1.807, 2.05) is 46.2 Å². The second-order valence-electron chi connectivity index (χ2n) is 13.0. The molecule has 46 heavy (non-hydrogen) atoms. The van der Waals surface area contributed by atoms with Crippen molar-refractivity contribution in [2.45, 2.75) is 56.7 Å². The van der Waals surface area contributed by atoms with E-state index in [9.17, 15) is 14.4 Å². The van der Waals surface area contributed by atoms with Gasteiger partial charge in [-0.2, -0.15) is 5.10 Å². The average Bonchev–Trinajstić information content (AvgIpc) is 3.50. The maximum atomic E-state index is 14.0. The fraction of sp³-hybridized carbons (Fsp3) is 0.529. The Bertz CT molecular complexity index is 1540. The molecule has 3 saturated heterocycles. The molecule has 4 aliphatic heterocycles. The van der Waals surface area contributed by atoms with Crippen molar-refractivity contribution in [2.75, 3.05) is 64.2 Å². The number of amides is 4. The number of ether oxygens (including phenoxy) is 1. The van der Waals surface area contributed by atoms with Gasteiger partial charge < -0.3 is 30.1 Å². The summed E-state index contributed by atoms with van der Waals surface area (Å²) in [6.07, 6.45) is 5.05. The van der Waals surface area contributed by atoms with Crippen LogP contribution in [-0.4, -0.2) is 125 Å². The number of hydrogen-bond donors (Lipinski definition) is 3. The molecule has 1 atom stereocenters. The highest BCUT2D eigenvalue weighted by Crippen LogP contribution is 2.25. The standard InChI is InChI=1S/C34H44N8O4/c43-32(40-19-17-39(18-20-40)27-7-12-35-13-8-27)31(22-24-5-6-30-26(21-24)23-36-38-30)46-34(45)41-14-10-28(11-15-41)42-16-9-25-3-1-2-4-29(25)37-33(42)44/h1-6,21,23,27-28,31,35H,7-20,22H2,(H,36,38)(H,37,44). The molecule has 2 aromatic carbocycles. The van der Waals surface area contributed by atoms with E-state index >= 15 is 0 Å². The Balaban J connectivity index is 0.986. The third-order valence-electron chi connectivity index (χ3n) is 10.2. The van der Waals surface area contributed by atoms with E-state index in [0.29, 0.717) is 58.0 Å². The lowest BCUT2D eigenvalue weighted by atomic mass is 10.0. The van der Waals surface area contributed by atoms with Crippen LogP contribution in [0.4, 0.5) is 15.3 Å². The molecule has 0 radical (unpaired) electrons. The van der Waals surface area contributed by atoms with Gasteiger partial charge in [0.05, 0.1) is 11.7 Å². The molecule has 4 aliphatic rings. The Morgan fingerprint density at radius 2 is 1.67 bits per heavy atom. The Labute approximate surface area is 269 Å². The minimum atomic E-state index is -0.921. The van der Waals surface area contributed by atoms with Gasteiger partial charge in [0.15, 0.2) is 6.10 Å². The van der Waals surface area contributed by atoms with Crippen LogP contribution in [0, 0.1) is 0 Å². The van der Waals surface area contributed by atoms with Crippen molar-refractivity contribution in [1.29, 1.82) is 0 Å². The number of piperazine rings is 1. The first-order valence-corrected chi connectivity index (χ1v) is 16.8. The molecule has 0 aliphatic carbocycles. The van der Waals surface area contributed by atoms with Crippen molar-refractivity contribution in [3.63, 3.8) is 0 Å². The number of likely N-dealkylation sites (tertiary alicyclic amines) is 1. The first kappa shape index (κ1) is 30.5. The number of aromatic amines is 1. The van der Waals surface area contributed by atoms with Gasteiger partial charge in [-0.1, -0.05) is 24.3 Å². The van der Waals surface area contributed by atoms with Gasteiger partial charge in [0.25, 0.3) is 5.91 Å². The summed E-state index contributed by atoms with van der Waals surface area (Å²) in [6, 6.07) is 14.3. The molecule has 1 aromatic heterocycles. The summed E-state index contributed by atoms with van der Waals surface area (Å²) in [7, 11) is 0. The predicted molar refractivity (Wildman–Crippen MR) is 175 cm³/mol. The number of nitrogens with one attached hydrogen (secondary N) is 3. The largest absolute Gasteiger partial charge is 0.436 e. The molecule has 3 N–H and O–H groups in total. The number of benzene rings is 2. The van der Waals surface area contributed by atoms with Crippen LogP contribution in [0.3, 0.4) is 0 Å². The van der Waals surface area contributed by atoms with Gasteiger partial charge >= 0.3 is 12.1 Å². The average molecular weight is 629 g/mol. The zero-order chi connectivity index (χ0) is 31.5. The van der Waals surface area contributed by atoms with Crippen LogP contribution in [0.1, 0.15) is 36.8 Å². The molecule has 3 fully saturated rings. The number of anilines is 1. The summed E-state index contributed by atoms with van der Waals surface area (Å²) in [6.45, 7) is 6.59. The zero-order valence-corrected chi connectivity index (χ0v) is 26.3. The van der Waals surface area contributed by atoms with Crippen LogP contribution < -0.4 is 10.6 Å². The van der Waals surface area contributed by atoms with Gasteiger partial charge in [0, 0.05) is 75.4 Å². The number of aromatic nitrogens is 2. The van der Waals surface area contributed by atoms with Crippen LogP contribution in [0.25, 0.3) is 10.9 Å². The molecule has 0 saturated carbocycles. The third-order valence-corrected chi connectivity index (χ3v) is 10.2. The van der Waals surface area contributed by atoms with Crippen LogP contribution in [0.2, 0.25) is 0 Å². The van der Waals surface area contributed by atoms with Crippen molar-refractivity contribution < 1.29 is 19.1 Å². The molecule has 4 amide bonds. The second kappa shape index (κ2) is 13.7. The molecule has 12 nitrogen and oxygen atoms in total. The number of carbonyl (C=O) groups excluding carboxylic acids is 3. The first-order chi connectivity index (χ1) is 22.5. The monoisotopic (exact) mass is 628 g/mol. The van der Waals surface area contributed by atoms with Crippen molar-refractivity contribution in [2.24, 2.45) is 0 Å². The summed E-state index contributed by atoms with van der Waals surface area (Å²) in [5, 5.41) is 14.5. The minimum absolute atomic E-state index is 0.0359. The number of urea groups is 1. The Hall–Kier alpha value is -4.16. The number of nitrogens with zero attached hydrogens (tertiary/aromatic N) is 5. The summed E-state index contributed by atoms with van der Waals surface area (Å²) >= 11 is 0. The van der Waals surface area contributed by atoms with Crippen molar-refractivity contribution in [1.82, 2.24) is 35.1 Å². The van der Waals surface area contributed by atoms with E-state index in [2.05, 4.69) is 31.8 Å². The SMILES string of the molecule is O=C(OC(Cc1ccc2[nH]ncc2c1)C(=O)N1CCN(C2CCNCC2)CC1)N1CCC(N2CCc3ccccc3NC2=O)CC1. The number of fused-ring (bicyclic) bond motifs is 2. The number of H-pyrrole nitrogens is 1. The maximum Gasteiger partial charge on any atom is 0.410 e. The minimum Gasteiger partial charge on any atom is -0.436 e. The Morgan fingerprint density at radius 1 is 0.891 bits per heavy atom. The normalized spacial score (nSPS) is 21.0. The van der Waals surface area contributed by atoms with Crippen LogP contribution >= 0.6 is 0 Å². The smallest absolute Gasteiger partial charge is 0.410 e. The fourth-order valence-corrected chi connectivity index (χ4v) is 7.49. The second-order valence-corrected chi connectivity index (χ2v) is 13.0. The summed E-state index contributed by atoms with van der Waals surface area (Å²) < 4.78 is 6.07. The van der Waals surface area contributed by atoms with Gasteiger partial charge in [-0.3, -0.25) is 14.8 Å². The lowest BCUT2D eigenvalue weighted by Gasteiger charge is -2.41. The highest BCUT2D eigenvalue weighted by Gasteiger charge is 2.36. The Morgan fingerprint density at radius 3 is 2.48 bits per heavy atom. The molecule has 0 bridgehead atoms. The van der Waals surface area contributed by atoms with Crippen molar-refractivity contribution in [3.8, 4) is 0 Å². The van der Waals surface area contributed by atoms with Gasteiger partial charge in [-0.25, -0.2) is 9.59 Å². The van der Waals surface area contributed by atoms with Crippen molar-refractivity contribution in [3.05, 3.63) is 59.8 Å². The van der Waals surface area contributed by atoms with E-state index in [0.717, 1.165) is 73.2 Å². The molecule has 1 unspecified atom stereocenters. The topological polar surface area (TPSA) is 126 Å². The quantitative estimate of drug-likeness (QED) is 0.383. The van der Waals surface area contributed by atoms with Gasteiger partial charge in [0.1, 0.15) is 0 Å². The number of hydrogen-bond acceptors (Lipinski definition) is 7. The van der Waals surface area contributed by atoms with Crippen LogP contribution in [-0.2, 0) is 22.4 Å². The van der Waals surface area contributed by atoms with E-state index in [1.54, 1.807) is 11.1 Å². The molecule has 244 valence electrons. The third kappa shape index (κ3) is 6.68. The van der Waals surface area contributed by atoms with E-state index in [1.165, 1.54) is 0 Å². The molecule has 7 rings (SSSR count). The lowest BCUT2D eigenvalue weighted by Crippen LogP contribution is -2.56. The first-order valence-electron chi connectivity index (χ1n) is 16.8. The molecular weight excluding hydrogens is 584 g/mol. The highest BCUT2D eigenvalue weighted by molar-refractivity contribution is 5.91. The van der Waals surface area contributed by atoms with Gasteiger partial charge in [-0.15, -0.1) is 0 Å². The predicted octanol–water partition coefficient (Wildman–Crippen LogP) is 3.06. The van der Waals surface area contributed by atoms with E-state index in [-0.39, 0.29) is 18.0 Å².